The Kier molecular flexibility index (Phi) is 4.42. The first-order valence-electron chi connectivity index (χ1n) is 5.22. The van der Waals surface area contributed by atoms with Crippen LogP contribution in [0.2, 0.25) is 0 Å². The quantitative estimate of drug-likeness (QED) is 0.505. The van der Waals surface area contributed by atoms with Crippen LogP contribution < -0.4 is 10.1 Å². The number of allylic oxidation sites excluding steroid dienone is 1. The molecule has 0 aliphatic rings. The van der Waals surface area contributed by atoms with Gasteiger partial charge in [-0.1, -0.05) is 5.57 Å². The number of hydrogen-bond acceptors (Lipinski definition) is 4. The number of carbonyl (C=O) groups is 1. The number of ether oxygens (including phenoxy) is 1. The van der Waals surface area contributed by atoms with Crippen molar-refractivity contribution in [1.29, 1.82) is 0 Å². The number of anilines is 1. The zero-order valence-corrected chi connectivity index (χ0v) is 10.4. The van der Waals surface area contributed by atoms with Gasteiger partial charge in [-0.3, -0.25) is 14.9 Å². The van der Waals surface area contributed by atoms with E-state index in [4.69, 9.17) is 4.74 Å². The third-order valence-electron chi connectivity index (χ3n) is 2.07. The largest absolute Gasteiger partial charge is 0.494 e. The summed E-state index contributed by atoms with van der Waals surface area (Å²) in [6.07, 6.45) is 1.43. The van der Waals surface area contributed by atoms with Crippen molar-refractivity contribution < 1.29 is 14.5 Å². The minimum absolute atomic E-state index is 0.0907. The number of nitrogens with one attached hydrogen (secondary N) is 1. The van der Waals surface area contributed by atoms with Crippen LogP contribution in [0.4, 0.5) is 11.4 Å². The number of nitro benzene ring substituents is 1. The molecule has 0 atom stereocenters. The zero-order chi connectivity index (χ0) is 13.7. The standard InChI is InChI=1S/C12H14N2O4/c1-8(2)6-12(15)13-10-5-4-9(14(16)17)7-11(10)18-3/h4-7H,1-3H3,(H,13,15). The molecule has 0 unspecified atom stereocenters. The van der Waals surface area contributed by atoms with Crippen molar-refractivity contribution in [3.63, 3.8) is 0 Å². The van der Waals surface area contributed by atoms with Crippen molar-refractivity contribution in [2.24, 2.45) is 0 Å². The maximum Gasteiger partial charge on any atom is 0.273 e. The van der Waals surface area contributed by atoms with E-state index in [0.717, 1.165) is 5.57 Å². The third kappa shape index (κ3) is 3.58. The number of hydrogen-bond donors (Lipinski definition) is 1. The smallest absolute Gasteiger partial charge is 0.273 e. The Morgan fingerprint density at radius 1 is 1.44 bits per heavy atom. The van der Waals surface area contributed by atoms with Crippen molar-refractivity contribution in [2.75, 3.05) is 12.4 Å². The number of carbonyl (C=O) groups excluding carboxylic acids is 1. The van der Waals surface area contributed by atoms with Crippen LogP contribution >= 0.6 is 0 Å². The number of amides is 1. The van der Waals surface area contributed by atoms with E-state index < -0.39 is 4.92 Å². The number of benzene rings is 1. The highest BCUT2D eigenvalue weighted by molar-refractivity contribution is 6.00. The molecule has 96 valence electrons. The molecule has 1 aromatic rings. The maximum atomic E-state index is 11.5. The first-order valence-corrected chi connectivity index (χ1v) is 5.22. The average Bonchev–Trinajstić information content (AvgIpc) is 2.27. The molecule has 1 rings (SSSR count). The highest BCUT2D eigenvalue weighted by atomic mass is 16.6. The topological polar surface area (TPSA) is 81.5 Å². The fourth-order valence-electron chi connectivity index (χ4n) is 1.33. The van der Waals surface area contributed by atoms with Gasteiger partial charge in [0.2, 0.25) is 5.91 Å². The van der Waals surface area contributed by atoms with Crippen LogP contribution in [0.5, 0.6) is 5.75 Å². The lowest BCUT2D eigenvalue weighted by Crippen LogP contribution is -2.09. The van der Waals surface area contributed by atoms with Gasteiger partial charge < -0.3 is 10.1 Å². The predicted molar refractivity (Wildman–Crippen MR) is 67.7 cm³/mol. The molecule has 0 fully saturated rings. The van der Waals surface area contributed by atoms with E-state index in [0.29, 0.717) is 5.69 Å². The maximum absolute atomic E-state index is 11.5. The molecule has 1 amide bonds. The van der Waals surface area contributed by atoms with E-state index in [-0.39, 0.29) is 17.3 Å². The first kappa shape index (κ1) is 13.7. The van der Waals surface area contributed by atoms with E-state index in [1.54, 1.807) is 13.8 Å². The van der Waals surface area contributed by atoms with Crippen LogP contribution in [0.15, 0.2) is 29.8 Å². The van der Waals surface area contributed by atoms with Crippen molar-refractivity contribution in [2.45, 2.75) is 13.8 Å². The van der Waals surface area contributed by atoms with Gasteiger partial charge in [0.05, 0.1) is 23.8 Å². The predicted octanol–water partition coefficient (Wildman–Crippen LogP) is 2.51. The molecule has 0 saturated heterocycles. The van der Waals surface area contributed by atoms with Gasteiger partial charge in [-0.25, -0.2) is 0 Å². The molecule has 0 aromatic heterocycles. The second kappa shape index (κ2) is 5.81. The Bertz CT molecular complexity index is 505. The molecule has 0 heterocycles. The van der Waals surface area contributed by atoms with Crippen molar-refractivity contribution >= 4 is 17.3 Å². The summed E-state index contributed by atoms with van der Waals surface area (Å²) in [6.45, 7) is 3.60. The Balaban J connectivity index is 3.00. The minimum Gasteiger partial charge on any atom is -0.494 e. The molecule has 0 radical (unpaired) electrons. The molecule has 0 saturated carbocycles. The second-order valence-electron chi connectivity index (χ2n) is 3.85. The van der Waals surface area contributed by atoms with Gasteiger partial charge in [0.1, 0.15) is 5.75 Å². The van der Waals surface area contributed by atoms with E-state index in [9.17, 15) is 14.9 Å². The van der Waals surface area contributed by atoms with Crippen LogP contribution in [0.3, 0.4) is 0 Å². The summed E-state index contributed by atoms with van der Waals surface area (Å²) in [5, 5.41) is 13.2. The minimum atomic E-state index is -0.524. The first-order chi connectivity index (χ1) is 8.43. The second-order valence-corrected chi connectivity index (χ2v) is 3.85. The number of nitrogens with zero attached hydrogens (tertiary/aromatic N) is 1. The molecule has 0 aliphatic carbocycles. The van der Waals surface area contributed by atoms with E-state index >= 15 is 0 Å². The fourth-order valence-corrected chi connectivity index (χ4v) is 1.33. The molecule has 6 nitrogen and oxygen atoms in total. The molecular weight excluding hydrogens is 236 g/mol. The molecule has 0 aliphatic heterocycles. The highest BCUT2D eigenvalue weighted by Gasteiger charge is 2.12. The van der Waals surface area contributed by atoms with E-state index in [2.05, 4.69) is 5.32 Å². The Morgan fingerprint density at radius 3 is 2.61 bits per heavy atom. The van der Waals surface area contributed by atoms with Gasteiger partial charge in [0.15, 0.2) is 0 Å². The van der Waals surface area contributed by atoms with Crippen molar-refractivity contribution in [1.82, 2.24) is 0 Å². The van der Waals surface area contributed by atoms with Crippen LogP contribution in [0.25, 0.3) is 0 Å². The number of methoxy groups -OCH3 is 1. The SMILES string of the molecule is COc1cc([N+](=O)[O-])ccc1NC(=O)C=C(C)C. The van der Waals surface area contributed by atoms with Crippen molar-refractivity contribution in [3.05, 3.63) is 40.0 Å². The molecule has 18 heavy (non-hydrogen) atoms. The Morgan fingerprint density at radius 2 is 2.11 bits per heavy atom. The normalized spacial score (nSPS) is 9.50. The molecular formula is C12H14N2O4. The lowest BCUT2D eigenvalue weighted by molar-refractivity contribution is -0.384. The Hall–Kier alpha value is -2.37. The van der Waals surface area contributed by atoms with Crippen LogP contribution in [0.1, 0.15) is 13.8 Å². The summed E-state index contributed by atoms with van der Waals surface area (Å²) in [5.41, 5.74) is 1.16. The third-order valence-corrected chi connectivity index (χ3v) is 2.07. The highest BCUT2D eigenvalue weighted by Crippen LogP contribution is 2.28. The van der Waals surface area contributed by atoms with Crippen LogP contribution in [-0.4, -0.2) is 17.9 Å². The van der Waals surface area contributed by atoms with Gasteiger partial charge in [-0.15, -0.1) is 0 Å². The van der Waals surface area contributed by atoms with Crippen molar-refractivity contribution in [3.8, 4) is 5.75 Å². The lowest BCUT2D eigenvalue weighted by Gasteiger charge is -2.08. The number of nitro groups is 1. The van der Waals surface area contributed by atoms with Gasteiger partial charge in [-0.05, 0) is 19.9 Å². The molecule has 0 spiro atoms. The van der Waals surface area contributed by atoms with E-state index in [1.807, 2.05) is 0 Å². The Labute approximate surface area is 104 Å². The lowest BCUT2D eigenvalue weighted by atomic mass is 10.2. The van der Waals surface area contributed by atoms with Gasteiger partial charge in [0, 0.05) is 12.1 Å². The zero-order valence-electron chi connectivity index (χ0n) is 10.4. The number of rotatable bonds is 4. The number of non-ortho nitro benzene ring substituents is 1. The summed E-state index contributed by atoms with van der Waals surface area (Å²) in [7, 11) is 1.38. The molecule has 0 bridgehead atoms. The molecule has 1 N–H and O–H groups in total. The van der Waals surface area contributed by atoms with Gasteiger partial charge in [-0.2, -0.15) is 0 Å². The van der Waals surface area contributed by atoms with Gasteiger partial charge in [0.25, 0.3) is 5.69 Å². The van der Waals surface area contributed by atoms with E-state index in [1.165, 1.54) is 31.4 Å². The summed E-state index contributed by atoms with van der Waals surface area (Å²) in [6, 6.07) is 4.01. The van der Waals surface area contributed by atoms with Gasteiger partial charge >= 0.3 is 0 Å². The van der Waals surface area contributed by atoms with Crippen LogP contribution in [0, 0.1) is 10.1 Å². The summed E-state index contributed by atoms with van der Waals surface area (Å²) >= 11 is 0. The summed E-state index contributed by atoms with van der Waals surface area (Å²) in [4.78, 5) is 21.6. The van der Waals surface area contributed by atoms with Crippen LogP contribution in [-0.2, 0) is 4.79 Å². The summed E-state index contributed by atoms with van der Waals surface area (Å²) in [5.74, 6) is -0.0538. The fraction of sp³-hybridized carbons (Fsp3) is 0.250. The molecule has 1 aromatic carbocycles. The summed E-state index contributed by atoms with van der Waals surface area (Å²) < 4.78 is 5.00. The molecule has 6 heteroatoms. The monoisotopic (exact) mass is 250 g/mol. The average molecular weight is 250 g/mol.